The number of carbonyl (C=O) groups excluding carboxylic acids is 1. The molecule has 1 fully saturated rings. The van der Waals surface area contributed by atoms with Crippen molar-refractivity contribution in [2.24, 2.45) is 0 Å². The molecule has 2 aromatic carbocycles. The molecule has 2 aliphatic rings. The Morgan fingerprint density at radius 1 is 1.20 bits per heavy atom. The van der Waals surface area contributed by atoms with E-state index < -0.39 is 11.5 Å². The summed E-state index contributed by atoms with van der Waals surface area (Å²) in [5, 5.41) is 8.18. The fourth-order valence-corrected chi connectivity index (χ4v) is 7.37. The van der Waals surface area contributed by atoms with E-state index in [2.05, 4.69) is 26.7 Å². The van der Waals surface area contributed by atoms with Gasteiger partial charge in [0.2, 0.25) is 5.91 Å². The number of anilines is 1. The number of aromatic nitrogens is 5. The van der Waals surface area contributed by atoms with Crippen LogP contribution in [0.25, 0.3) is 38.6 Å². The first kappa shape index (κ1) is 29.9. The summed E-state index contributed by atoms with van der Waals surface area (Å²) in [5.41, 5.74) is 3.29. The van der Waals surface area contributed by atoms with E-state index >= 15 is 4.39 Å². The Kier molecular flexibility index (Phi) is 7.11. The van der Waals surface area contributed by atoms with Crippen molar-refractivity contribution in [1.29, 1.82) is 0 Å². The van der Waals surface area contributed by atoms with Crippen LogP contribution in [-0.2, 0) is 4.79 Å². The lowest BCUT2D eigenvalue weighted by Crippen LogP contribution is -2.61. The standard InChI is InChI=1S/C34H33ClFN7O3/c1-7-23(44)41-13-19(6)42-20(14-41)15-46-32-26-31(28(36)25(27(32)35)24-17(4)8-9-22-21(24)12-38-40-22)43(34(45)39-33(26)42)30-18(5)10-11-37-29(30)16(2)3/h7-12,16,19-20H,1,13-15H2,2-6H3,(H,38,40). The topological polar surface area (TPSA) is 109 Å². The first-order chi connectivity index (χ1) is 22.0. The third-order valence-corrected chi connectivity index (χ3v) is 9.45. The van der Waals surface area contributed by atoms with Crippen molar-refractivity contribution in [3.05, 3.63) is 81.4 Å². The highest BCUT2D eigenvalue weighted by Gasteiger charge is 2.41. The van der Waals surface area contributed by atoms with Crippen LogP contribution in [0.15, 0.2) is 48.0 Å². The van der Waals surface area contributed by atoms with Gasteiger partial charge in [-0.05, 0) is 56.0 Å². The fraction of sp³-hybridized carbons (Fsp3) is 0.324. The maximum Gasteiger partial charge on any atom is 0.354 e. The van der Waals surface area contributed by atoms with Gasteiger partial charge in [-0.3, -0.25) is 19.4 Å². The summed E-state index contributed by atoms with van der Waals surface area (Å²) >= 11 is 7.21. The normalized spacial score (nSPS) is 17.7. The van der Waals surface area contributed by atoms with Crippen LogP contribution in [0.4, 0.5) is 10.2 Å². The SMILES string of the molecule is C=CC(=O)N1CC(C)N2c3nc(=O)n(-c4c(C)ccnc4C(C)C)c4c(F)c(-c5c(C)ccc6[nH]ncc56)c(Cl)c(c34)OCC2C1. The number of hydrogen-bond donors (Lipinski definition) is 1. The molecular formula is C34H33ClFN7O3. The van der Waals surface area contributed by atoms with Gasteiger partial charge >= 0.3 is 5.69 Å². The zero-order chi connectivity index (χ0) is 32.6. The van der Waals surface area contributed by atoms with Crippen molar-refractivity contribution in [1.82, 2.24) is 29.6 Å². The Morgan fingerprint density at radius 2 is 1.98 bits per heavy atom. The highest BCUT2D eigenvalue weighted by atomic mass is 35.5. The predicted molar refractivity (Wildman–Crippen MR) is 177 cm³/mol. The molecule has 0 spiro atoms. The zero-order valence-electron chi connectivity index (χ0n) is 26.2. The molecule has 5 aromatic rings. The molecule has 2 aliphatic heterocycles. The molecule has 0 bridgehead atoms. The maximum absolute atomic E-state index is 17.7. The number of rotatable bonds is 4. The lowest BCUT2D eigenvalue weighted by atomic mass is 9.94. The van der Waals surface area contributed by atoms with Crippen LogP contribution < -0.4 is 15.3 Å². The monoisotopic (exact) mass is 641 g/mol. The Bertz CT molecular complexity index is 2160. The van der Waals surface area contributed by atoms with E-state index in [1.165, 1.54) is 10.6 Å². The molecule has 0 aliphatic carbocycles. The van der Waals surface area contributed by atoms with E-state index in [1.807, 2.05) is 51.7 Å². The van der Waals surface area contributed by atoms with Crippen LogP contribution in [0, 0.1) is 19.7 Å². The number of nitrogens with zero attached hydrogens (tertiary/aromatic N) is 6. The van der Waals surface area contributed by atoms with Gasteiger partial charge in [-0.15, -0.1) is 0 Å². The quantitative estimate of drug-likeness (QED) is 0.246. The predicted octanol–water partition coefficient (Wildman–Crippen LogP) is 5.84. The number of H-pyrrole nitrogens is 1. The molecule has 5 heterocycles. The molecule has 12 heteroatoms. The average molecular weight is 642 g/mol. The molecule has 236 valence electrons. The fourth-order valence-electron chi connectivity index (χ4n) is 7.04. The second-order valence-corrected chi connectivity index (χ2v) is 12.8. The molecule has 46 heavy (non-hydrogen) atoms. The van der Waals surface area contributed by atoms with E-state index in [1.54, 1.807) is 23.4 Å². The number of hydrogen-bond acceptors (Lipinski definition) is 7. The highest BCUT2D eigenvalue weighted by Crippen LogP contribution is 2.50. The average Bonchev–Trinajstić information content (AvgIpc) is 3.43. The summed E-state index contributed by atoms with van der Waals surface area (Å²) in [5.74, 6) is -0.482. The molecule has 1 saturated heterocycles. The summed E-state index contributed by atoms with van der Waals surface area (Å²) in [4.78, 5) is 40.0. The van der Waals surface area contributed by atoms with Crippen molar-refractivity contribution in [2.45, 2.75) is 52.6 Å². The Hall–Kier alpha value is -4.77. The van der Waals surface area contributed by atoms with Crippen molar-refractivity contribution in [2.75, 3.05) is 24.6 Å². The van der Waals surface area contributed by atoms with Gasteiger partial charge in [0.15, 0.2) is 11.6 Å². The number of pyridine rings is 1. The van der Waals surface area contributed by atoms with Gasteiger partial charge < -0.3 is 14.5 Å². The molecule has 2 atom stereocenters. The number of nitrogens with one attached hydrogen (secondary N) is 1. The second-order valence-electron chi connectivity index (χ2n) is 12.4. The van der Waals surface area contributed by atoms with Crippen LogP contribution in [-0.4, -0.2) is 67.3 Å². The Balaban J connectivity index is 1.64. The van der Waals surface area contributed by atoms with Gasteiger partial charge in [0.05, 0.1) is 39.5 Å². The van der Waals surface area contributed by atoms with E-state index in [9.17, 15) is 9.59 Å². The van der Waals surface area contributed by atoms with Crippen molar-refractivity contribution >= 4 is 45.1 Å². The van der Waals surface area contributed by atoms with Crippen molar-refractivity contribution in [3.8, 4) is 22.6 Å². The Labute approximate surface area is 269 Å². The molecular weight excluding hydrogens is 609 g/mol. The van der Waals surface area contributed by atoms with Crippen LogP contribution >= 0.6 is 11.6 Å². The molecule has 2 unspecified atom stereocenters. The van der Waals surface area contributed by atoms with E-state index in [-0.39, 0.29) is 58.2 Å². The van der Waals surface area contributed by atoms with Gasteiger partial charge in [0, 0.05) is 41.8 Å². The molecule has 1 N–H and O–H groups in total. The van der Waals surface area contributed by atoms with Crippen molar-refractivity contribution < 1.29 is 13.9 Å². The second kappa shape index (κ2) is 10.9. The van der Waals surface area contributed by atoms with E-state index in [0.29, 0.717) is 46.3 Å². The Morgan fingerprint density at radius 3 is 2.72 bits per heavy atom. The number of carbonyl (C=O) groups is 1. The molecule has 3 aromatic heterocycles. The number of fused-ring (bicyclic) bond motifs is 3. The largest absolute Gasteiger partial charge is 0.489 e. The van der Waals surface area contributed by atoms with E-state index in [0.717, 1.165) is 11.1 Å². The van der Waals surface area contributed by atoms with E-state index in [4.69, 9.17) is 16.3 Å². The molecule has 1 amide bonds. The number of amides is 1. The number of benzene rings is 2. The molecule has 10 nitrogen and oxygen atoms in total. The van der Waals surface area contributed by atoms with Crippen LogP contribution in [0.1, 0.15) is 43.5 Å². The maximum atomic E-state index is 17.7. The molecule has 7 rings (SSSR count). The van der Waals surface area contributed by atoms with Crippen LogP contribution in [0.3, 0.4) is 0 Å². The van der Waals surface area contributed by atoms with Gasteiger partial charge in [-0.25, -0.2) is 9.18 Å². The number of piperazine rings is 1. The summed E-state index contributed by atoms with van der Waals surface area (Å²) in [7, 11) is 0. The number of halogens is 2. The third-order valence-electron chi connectivity index (χ3n) is 9.09. The molecule has 0 saturated carbocycles. The first-order valence-electron chi connectivity index (χ1n) is 15.2. The van der Waals surface area contributed by atoms with Gasteiger partial charge in [0.25, 0.3) is 0 Å². The summed E-state index contributed by atoms with van der Waals surface area (Å²) in [6, 6.07) is 4.87. The minimum Gasteiger partial charge on any atom is -0.489 e. The van der Waals surface area contributed by atoms with Gasteiger partial charge in [0.1, 0.15) is 17.9 Å². The van der Waals surface area contributed by atoms with Crippen LogP contribution in [0.5, 0.6) is 5.75 Å². The van der Waals surface area contributed by atoms with Crippen molar-refractivity contribution in [3.63, 3.8) is 0 Å². The lowest BCUT2D eigenvalue weighted by Gasteiger charge is -2.45. The third kappa shape index (κ3) is 4.32. The summed E-state index contributed by atoms with van der Waals surface area (Å²) in [6.07, 6.45) is 4.60. The van der Waals surface area contributed by atoms with Gasteiger partial charge in [-0.2, -0.15) is 10.1 Å². The number of ether oxygens (including phenoxy) is 1. The highest BCUT2D eigenvalue weighted by molar-refractivity contribution is 6.37. The zero-order valence-corrected chi connectivity index (χ0v) is 26.9. The minimum atomic E-state index is -0.686. The minimum absolute atomic E-state index is 0.000236. The summed E-state index contributed by atoms with van der Waals surface area (Å²) < 4.78 is 25.6. The lowest BCUT2D eigenvalue weighted by molar-refractivity contribution is -0.127. The number of aryl methyl sites for hydroxylation is 2. The number of aromatic amines is 1. The van der Waals surface area contributed by atoms with Crippen LogP contribution in [0.2, 0.25) is 5.02 Å². The molecule has 0 radical (unpaired) electrons. The van der Waals surface area contributed by atoms with Gasteiger partial charge in [-0.1, -0.05) is 38.1 Å². The summed E-state index contributed by atoms with van der Waals surface area (Å²) in [6.45, 7) is 14.1. The first-order valence-corrected chi connectivity index (χ1v) is 15.6. The smallest absolute Gasteiger partial charge is 0.354 e.